The minimum Gasteiger partial charge on any atom is -0.306 e. The maximum atomic E-state index is 4.05. The van der Waals surface area contributed by atoms with Crippen molar-refractivity contribution in [2.24, 2.45) is 5.92 Å². The van der Waals surface area contributed by atoms with Gasteiger partial charge >= 0.3 is 0 Å². The van der Waals surface area contributed by atoms with Gasteiger partial charge in [-0.1, -0.05) is 30.3 Å². The van der Waals surface area contributed by atoms with Gasteiger partial charge in [0.25, 0.3) is 0 Å². The van der Waals surface area contributed by atoms with Crippen LogP contribution in [-0.2, 0) is 6.54 Å². The van der Waals surface area contributed by atoms with Crippen molar-refractivity contribution < 1.29 is 0 Å². The molecular weight excluding hydrogens is 220 g/mol. The standard InChI is InChI=1S/C16H18N2/c1-2-4-14(5-3-1)16(15-6-7-15)18-12-13-8-10-17-11-9-13/h1-5,8-11,15-16,18H,6-7,12H2. The van der Waals surface area contributed by atoms with Crippen molar-refractivity contribution in [1.82, 2.24) is 10.3 Å². The predicted octanol–water partition coefficient (Wildman–Crippen LogP) is 3.32. The lowest BCUT2D eigenvalue weighted by Gasteiger charge is -2.18. The summed E-state index contributed by atoms with van der Waals surface area (Å²) in [5, 5.41) is 3.69. The highest BCUT2D eigenvalue weighted by atomic mass is 14.9. The van der Waals surface area contributed by atoms with E-state index in [1.165, 1.54) is 24.0 Å². The number of benzene rings is 1. The summed E-state index contributed by atoms with van der Waals surface area (Å²) in [7, 11) is 0. The first-order valence-electron chi connectivity index (χ1n) is 6.61. The third-order valence-corrected chi connectivity index (χ3v) is 3.53. The lowest BCUT2D eigenvalue weighted by molar-refractivity contribution is 0.480. The first kappa shape index (κ1) is 11.4. The molecule has 0 bridgehead atoms. The van der Waals surface area contributed by atoms with Gasteiger partial charge in [0, 0.05) is 25.0 Å². The minimum atomic E-state index is 0.499. The molecule has 92 valence electrons. The molecular formula is C16H18N2. The van der Waals surface area contributed by atoms with Gasteiger partial charge in [0.2, 0.25) is 0 Å². The van der Waals surface area contributed by atoms with Crippen LogP contribution in [0.25, 0.3) is 0 Å². The first-order valence-corrected chi connectivity index (χ1v) is 6.61. The Morgan fingerprint density at radius 3 is 2.44 bits per heavy atom. The van der Waals surface area contributed by atoms with Gasteiger partial charge in [-0.3, -0.25) is 4.98 Å². The zero-order chi connectivity index (χ0) is 12.2. The summed E-state index contributed by atoms with van der Waals surface area (Å²) in [5.41, 5.74) is 2.71. The van der Waals surface area contributed by atoms with Crippen molar-refractivity contribution in [2.75, 3.05) is 0 Å². The Labute approximate surface area is 108 Å². The van der Waals surface area contributed by atoms with Crippen LogP contribution in [0.5, 0.6) is 0 Å². The van der Waals surface area contributed by atoms with Crippen molar-refractivity contribution in [3.63, 3.8) is 0 Å². The minimum absolute atomic E-state index is 0.499. The number of hydrogen-bond donors (Lipinski definition) is 1. The Morgan fingerprint density at radius 2 is 1.78 bits per heavy atom. The summed E-state index contributed by atoms with van der Waals surface area (Å²) in [4.78, 5) is 4.05. The van der Waals surface area contributed by atoms with Crippen LogP contribution in [0.2, 0.25) is 0 Å². The van der Waals surface area contributed by atoms with E-state index in [2.05, 4.69) is 52.8 Å². The lowest BCUT2D eigenvalue weighted by Crippen LogP contribution is -2.22. The molecule has 0 amide bonds. The monoisotopic (exact) mass is 238 g/mol. The molecule has 1 aromatic heterocycles. The molecule has 1 N–H and O–H groups in total. The van der Waals surface area contributed by atoms with Gasteiger partial charge in [0.15, 0.2) is 0 Å². The SMILES string of the molecule is c1ccc(C(NCc2ccncc2)C2CC2)cc1. The van der Waals surface area contributed by atoms with Crippen LogP contribution in [0.15, 0.2) is 54.9 Å². The third-order valence-electron chi connectivity index (χ3n) is 3.53. The molecule has 0 spiro atoms. The maximum Gasteiger partial charge on any atom is 0.0351 e. The molecule has 0 aliphatic heterocycles. The van der Waals surface area contributed by atoms with E-state index in [1.807, 2.05) is 12.4 Å². The topological polar surface area (TPSA) is 24.9 Å². The fourth-order valence-electron chi connectivity index (χ4n) is 2.38. The van der Waals surface area contributed by atoms with Crippen molar-refractivity contribution >= 4 is 0 Å². The Balaban J connectivity index is 1.68. The quantitative estimate of drug-likeness (QED) is 0.864. The largest absolute Gasteiger partial charge is 0.306 e. The Hall–Kier alpha value is -1.67. The molecule has 1 aliphatic carbocycles. The van der Waals surface area contributed by atoms with Gasteiger partial charge in [-0.25, -0.2) is 0 Å². The van der Waals surface area contributed by atoms with Crippen molar-refractivity contribution in [1.29, 1.82) is 0 Å². The zero-order valence-corrected chi connectivity index (χ0v) is 10.4. The summed E-state index contributed by atoms with van der Waals surface area (Å²) in [6.07, 6.45) is 6.41. The normalized spacial score (nSPS) is 16.4. The maximum absolute atomic E-state index is 4.05. The van der Waals surface area contributed by atoms with Crippen LogP contribution in [0.3, 0.4) is 0 Å². The van der Waals surface area contributed by atoms with Crippen LogP contribution in [0, 0.1) is 5.92 Å². The molecule has 0 radical (unpaired) electrons. The Bertz CT molecular complexity index is 477. The molecule has 0 saturated heterocycles. The highest BCUT2D eigenvalue weighted by molar-refractivity contribution is 5.21. The number of aromatic nitrogens is 1. The highest BCUT2D eigenvalue weighted by Crippen LogP contribution is 2.41. The molecule has 1 fully saturated rings. The molecule has 3 rings (SSSR count). The fraction of sp³-hybridized carbons (Fsp3) is 0.312. The molecule has 1 saturated carbocycles. The van der Waals surface area contributed by atoms with E-state index in [9.17, 15) is 0 Å². The van der Waals surface area contributed by atoms with Crippen LogP contribution >= 0.6 is 0 Å². The molecule has 2 heteroatoms. The molecule has 1 unspecified atom stereocenters. The summed E-state index contributed by atoms with van der Waals surface area (Å²) < 4.78 is 0. The average Bonchev–Trinajstić information content (AvgIpc) is 3.26. The number of nitrogens with zero attached hydrogens (tertiary/aromatic N) is 1. The molecule has 1 aromatic carbocycles. The second kappa shape index (κ2) is 5.32. The van der Waals surface area contributed by atoms with Crippen molar-refractivity contribution in [2.45, 2.75) is 25.4 Å². The van der Waals surface area contributed by atoms with E-state index in [0.717, 1.165) is 12.5 Å². The molecule has 2 nitrogen and oxygen atoms in total. The second-order valence-electron chi connectivity index (χ2n) is 4.96. The van der Waals surface area contributed by atoms with E-state index in [-0.39, 0.29) is 0 Å². The van der Waals surface area contributed by atoms with Crippen LogP contribution in [-0.4, -0.2) is 4.98 Å². The second-order valence-corrected chi connectivity index (χ2v) is 4.96. The highest BCUT2D eigenvalue weighted by Gasteiger charge is 2.31. The third kappa shape index (κ3) is 2.77. The Kier molecular flexibility index (Phi) is 3.37. The van der Waals surface area contributed by atoms with Crippen LogP contribution in [0.4, 0.5) is 0 Å². The van der Waals surface area contributed by atoms with Gasteiger partial charge in [0.05, 0.1) is 0 Å². The first-order chi connectivity index (χ1) is 8.93. The van der Waals surface area contributed by atoms with Gasteiger partial charge in [-0.05, 0) is 42.0 Å². The molecule has 1 aliphatic rings. The summed E-state index contributed by atoms with van der Waals surface area (Å²) in [6.45, 7) is 0.915. The van der Waals surface area contributed by atoms with Crippen LogP contribution < -0.4 is 5.32 Å². The predicted molar refractivity (Wildman–Crippen MR) is 73.0 cm³/mol. The molecule has 1 heterocycles. The smallest absolute Gasteiger partial charge is 0.0351 e. The van der Waals surface area contributed by atoms with E-state index in [1.54, 1.807) is 0 Å². The van der Waals surface area contributed by atoms with E-state index >= 15 is 0 Å². The summed E-state index contributed by atoms with van der Waals surface area (Å²) >= 11 is 0. The van der Waals surface area contributed by atoms with E-state index < -0.39 is 0 Å². The fourth-order valence-corrected chi connectivity index (χ4v) is 2.38. The number of rotatable bonds is 5. The number of pyridine rings is 1. The van der Waals surface area contributed by atoms with Gasteiger partial charge in [-0.15, -0.1) is 0 Å². The molecule has 1 atom stereocenters. The van der Waals surface area contributed by atoms with Gasteiger partial charge in [0.1, 0.15) is 0 Å². The average molecular weight is 238 g/mol. The number of nitrogens with one attached hydrogen (secondary N) is 1. The van der Waals surface area contributed by atoms with Crippen molar-refractivity contribution in [3.05, 3.63) is 66.0 Å². The summed E-state index contributed by atoms with van der Waals surface area (Å²) in [6, 6.07) is 15.4. The van der Waals surface area contributed by atoms with Crippen LogP contribution in [0.1, 0.15) is 30.0 Å². The molecule has 2 aromatic rings. The van der Waals surface area contributed by atoms with Crippen molar-refractivity contribution in [3.8, 4) is 0 Å². The summed E-state index contributed by atoms with van der Waals surface area (Å²) in [5.74, 6) is 0.814. The lowest BCUT2D eigenvalue weighted by atomic mass is 10.0. The van der Waals surface area contributed by atoms with E-state index in [4.69, 9.17) is 0 Å². The van der Waals surface area contributed by atoms with Gasteiger partial charge < -0.3 is 5.32 Å². The zero-order valence-electron chi connectivity index (χ0n) is 10.4. The number of hydrogen-bond acceptors (Lipinski definition) is 2. The van der Waals surface area contributed by atoms with Gasteiger partial charge in [-0.2, -0.15) is 0 Å². The molecule has 18 heavy (non-hydrogen) atoms. The Morgan fingerprint density at radius 1 is 1.06 bits per heavy atom. The van der Waals surface area contributed by atoms with E-state index in [0.29, 0.717) is 6.04 Å².